The van der Waals surface area contributed by atoms with Gasteiger partial charge in [0.1, 0.15) is 0 Å². The van der Waals surface area contributed by atoms with E-state index in [1.165, 1.54) is 12.8 Å². The standard InChI is InChI=1S/C29H33F2N3O3S/c1-38(36,37)32-21-5-6-25-22(14-21)28(11-9-27(7-8-27)10-12-28)18-34(25)26(35)20-4-2-3-19(13-20)15-33-16-23-24(17-33)29(23,30)31/h2-6,13-14,23-24,32H,7-12,15-18H2,1H3. The number of piperidine rings is 1. The first kappa shape index (κ1) is 24.5. The second-order valence-electron chi connectivity index (χ2n) is 12.6. The van der Waals surface area contributed by atoms with Crippen molar-refractivity contribution in [2.45, 2.75) is 56.4 Å². The highest BCUT2D eigenvalue weighted by molar-refractivity contribution is 7.92. The molecule has 2 aromatic rings. The zero-order chi connectivity index (χ0) is 26.5. The van der Waals surface area contributed by atoms with Crippen molar-refractivity contribution in [1.82, 2.24) is 4.90 Å². The number of nitrogens with zero attached hydrogens (tertiary/aromatic N) is 2. The van der Waals surface area contributed by atoms with E-state index in [0.717, 1.165) is 48.8 Å². The zero-order valence-corrected chi connectivity index (χ0v) is 22.4. The first-order chi connectivity index (χ1) is 18.0. The van der Waals surface area contributed by atoms with E-state index < -0.39 is 27.8 Å². The quantitative estimate of drug-likeness (QED) is 0.578. The van der Waals surface area contributed by atoms with Crippen LogP contribution in [0.4, 0.5) is 20.2 Å². The third-order valence-corrected chi connectivity index (χ3v) is 10.6. The summed E-state index contributed by atoms with van der Waals surface area (Å²) in [5.74, 6) is -3.60. The van der Waals surface area contributed by atoms with Crippen LogP contribution in [-0.4, -0.2) is 51.0 Å². The molecule has 0 bridgehead atoms. The van der Waals surface area contributed by atoms with Crippen molar-refractivity contribution in [2.75, 3.05) is 35.5 Å². The predicted octanol–water partition coefficient (Wildman–Crippen LogP) is 5.01. The van der Waals surface area contributed by atoms with Crippen molar-refractivity contribution < 1.29 is 22.0 Å². The lowest BCUT2D eigenvalue weighted by atomic mass is 9.66. The minimum Gasteiger partial charge on any atom is -0.307 e. The molecule has 3 aliphatic carbocycles. The SMILES string of the molecule is CS(=O)(=O)Nc1ccc2c(c1)C1(CCC3(CC3)CC1)CN2C(=O)c1cccc(CN2CC3C(C2)C3(F)F)c1. The number of alkyl halides is 2. The number of amides is 1. The van der Waals surface area contributed by atoms with Gasteiger partial charge < -0.3 is 4.90 Å². The normalized spacial score (nSPS) is 27.8. The van der Waals surface area contributed by atoms with E-state index in [1.54, 1.807) is 6.07 Å². The maximum atomic E-state index is 13.9. The lowest BCUT2D eigenvalue weighted by Crippen LogP contribution is -2.40. The van der Waals surface area contributed by atoms with Gasteiger partial charge in [0.2, 0.25) is 10.0 Å². The third kappa shape index (κ3) is 4.04. The van der Waals surface area contributed by atoms with Crippen LogP contribution >= 0.6 is 0 Å². The van der Waals surface area contributed by atoms with Gasteiger partial charge in [0.25, 0.3) is 11.8 Å². The number of halogens is 2. The van der Waals surface area contributed by atoms with Gasteiger partial charge in [0.05, 0.1) is 6.26 Å². The summed E-state index contributed by atoms with van der Waals surface area (Å²) in [6, 6.07) is 13.1. The molecule has 4 fully saturated rings. The number of anilines is 2. The Bertz CT molecular complexity index is 1410. The molecule has 38 heavy (non-hydrogen) atoms. The van der Waals surface area contributed by atoms with Crippen molar-refractivity contribution in [3.05, 3.63) is 59.2 Å². The highest BCUT2D eigenvalue weighted by Gasteiger charge is 2.71. The third-order valence-electron chi connectivity index (χ3n) is 9.95. The predicted molar refractivity (Wildman–Crippen MR) is 142 cm³/mol. The fourth-order valence-corrected chi connectivity index (χ4v) is 7.98. The Hall–Kier alpha value is -2.52. The average molecular weight is 542 g/mol. The van der Waals surface area contributed by atoms with Gasteiger partial charge in [-0.25, -0.2) is 17.2 Å². The largest absolute Gasteiger partial charge is 0.307 e. The van der Waals surface area contributed by atoms with Crippen LogP contribution in [0.2, 0.25) is 0 Å². The summed E-state index contributed by atoms with van der Waals surface area (Å²) < 4.78 is 53.6. The molecule has 2 heterocycles. The van der Waals surface area contributed by atoms with Crippen LogP contribution in [0.3, 0.4) is 0 Å². The Morgan fingerprint density at radius 3 is 2.34 bits per heavy atom. The van der Waals surface area contributed by atoms with Crippen LogP contribution in [0.5, 0.6) is 0 Å². The molecule has 2 aliphatic heterocycles. The molecule has 202 valence electrons. The van der Waals surface area contributed by atoms with Gasteiger partial charge in [0.15, 0.2) is 0 Å². The van der Waals surface area contributed by atoms with Gasteiger partial charge in [-0.3, -0.25) is 14.4 Å². The number of nitrogens with one attached hydrogen (secondary N) is 1. The second kappa shape index (κ2) is 8.01. The molecule has 5 aliphatic rings. The summed E-state index contributed by atoms with van der Waals surface area (Å²) in [6.07, 6.45) is 8.00. The summed E-state index contributed by atoms with van der Waals surface area (Å²) in [4.78, 5) is 17.9. The maximum absolute atomic E-state index is 13.9. The molecule has 2 unspecified atom stereocenters. The monoisotopic (exact) mass is 541 g/mol. The molecule has 0 radical (unpaired) electrons. The summed E-state index contributed by atoms with van der Waals surface area (Å²) in [6.45, 7) is 1.97. The Kier molecular flexibility index (Phi) is 5.17. The molecule has 6 nitrogen and oxygen atoms in total. The van der Waals surface area contributed by atoms with E-state index in [1.807, 2.05) is 41.3 Å². The van der Waals surface area contributed by atoms with Crippen molar-refractivity contribution in [2.24, 2.45) is 17.3 Å². The Morgan fingerprint density at radius 2 is 1.68 bits per heavy atom. The van der Waals surface area contributed by atoms with Crippen LogP contribution in [0.1, 0.15) is 60.0 Å². The maximum Gasteiger partial charge on any atom is 0.258 e. The second-order valence-corrected chi connectivity index (χ2v) is 14.3. The molecule has 1 N–H and O–H groups in total. The molecule has 2 spiro atoms. The van der Waals surface area contributed by atoms with Crippen LogP contribution < -0.4 is 9.62 Å². The number of hydrogen-bond acceptors (Lipinski definition) is 4. The van der Waals surface area contributed by atoms with Crippen molar-refractivity contribution in [3.8, 4) is 0 Å². The lowest BCUT2D eigenvalue weighted by Gasteiger charge is -2.38. The fraction of sp³-hybridized carbons (Fsp3) is 0.552. The van der Waals surface area contributed by atoms with Gasteiger partial charge in [-0.2, -0.15) is 0 Å². The van der Waals surface area contributed by atoms with Gasteiger partial charge in [0, 0.05) is 60.4 Å². The number of carbonyl (C=O) groups is 1. The van der Waals surface area contributed by atoms with Crippen LogP contribution in [-0.2, 0) is 22.0 Å². The summed E-state index contributed by atoms with van der Waals surface area (Å²) in [5, 5.41) is 0. The number of rotatable bonds is 5. The minimum absolute atomic E-state index is 0.0729. The number of sulfonamides is 1. The number of hydrogen-bond donors (Lipinski definition) is 1. The molecule has 2 aromatic carbocycles. The van der Waals surface area contributed by atoms with E-state index in [2.05, 4.69) is 9.62 Å². The van der Waals surface area contributed by atoms with E-state index >= 15 is 0 Å². The van der Waals surface area contributed by atoms with Crippen molar-refractivity contribution in [1.29, 1.82) is 0 Å². The molecule has 2 atom stereocenters. The summed E-state index contributed by atoms with van der Waals surface area (Å²) in [7, 11) is -3.42. The van der Waals surface area contributed by atoms with Crippen LogP contribution in [0.25, 0.3) is 0 Å². The van der Waals surface area contributed by atoms with Gasteiger partial charge >= 0.3 is 0 Å². The lowest BCUT2D eigenvalue weighted by molar-refractivity contribution is 0.0519. The van der Waals surface area contributed by atoms with Gasteiger partial charge in [-0.05, 0) is 85.4 Å². The Labute approximate surface area is 222 Å². The summed E-state index contributed by atoms with van der Waals surface area (Å²) in [5.41, 5.74) is 4.30. The van der Waals surface area contributed by atoms with Gasteiger partial charge in [-0.1, -0.05) is 12.1 Å². The zero-order valence-electron chi connectivity index (χ0n) is 21.6. The Morgan fingerprint density at radius 1 is 1.00 bits per heavy atom. The first-order valence-electron chi connectivity index (χ1n) is 13.6. The molecular formula is C29H33F2N3O3S. The average Bonchev–Trinajstić information content (AvgIpc) is 3.58. The molecule has 7 rings (SSSR count). The topological polar surface area (TPSA) is 69.7 Å². The van der Waals surface area contributed by atoms with Crippen LogP contribution in [0.15, 0.2) is 42.5 Å². The molecule has 1 amide bonds. The molecule has 1 saturated heterocycles. The fourth-order valence-electron chi connectivity index (χ4n) is 7.43. The molecule has 3 saturated carbocycles. The molecule has 9 heteroatoms. The molecule has 0 aromatic heterocycles. The number of carbonyl (C=O) groups excluding carboxylic acids is 1. The van der Waals surface area contributed by atoms with E-state index in [0.29, 0.717) is 42.8 Å². The molecular weight excluding hydrogens is 508 g/mol. The highest BCUT2D eigenvalue weighted by Crippen LogP contribution is 2.62. The van der Waals surface area contributed by atoms with Crippen LogP contribution in [0, 0.1) is 17.3 Å². The van der Waals surface area contributed by atoms with Gasteiger partial charge in [-0.15, -0.1) is 0 Å². The first-order valence-corrected chi connectivity index (χ1v) is 15.5. The smallest absolute Gasteiger partial charge is 0.258 e. The van der Waals surface area contributed by atoms with E-state index in [4.69, 9.17) is 0 Å². The van der Waals surface area contributed by atoms with Crippen molar-refractivity contribution >= 4 is 27.3 Å². The summed E-state index contributed by atoms with van der Waals surface area (Å²) >= 11 is 0. The highest BCUT2D eigenvalue weighted by atomic mass is 32.2. The number of fused-ring (bicyclic) bond motifs is 3. The number of likely N-dealkylation sites (tertiary alicyclic amines) is 1. The van der Waals surface area contributed by atoms with E-state index in [9.17, 15) is 22.0 Å². The minimum atomic E-state index is -3.42. The number of benzene rings is 2. The van der Waals surface area contributed by atoms with E-state index in [-0.39, 0.29) is 11.3 Å². The van der Waals surface area contributed by atoms with Crippen molar-refractivity contribution in [3.63, 3.8) is 0 Å². The Balaban J connectivity index is 1.15.